The second-order valence-electron chi connectivity index (χ2n) is 7.77. The van der Waals surface area contributed by atoms with Gasteiger partial charge in [-0.15, -0.1) is 0 Å². The van der Waals surface area contributed by atoms with Gasteiger partial charge in [0.1, 0.15) is 0 Å². The Labute approximate surface area is 194 Å². The Morgan fingerprint density at radius 2 is 2.09 bits per heavy atom. The number of nitrogens with one attached hydrogen (secondary N) is 1. The van der Waals surface area contributed by atoms with Crippen LogP contribution >= 0.6 is 0 Å². The van der Waals surface area contributed by atoms with Crippen molar-refractivity contribution >= 4 is 17.5 Å². The van der Waals surface area contributed by atoms with Crippen LogP contribution in [0.25, 0.3) is 11.4 Å². The monoisotopic (exact) mass is 450 g/mol. The summed E-state index contributed by atoms with van der Waals surface area (Å²) < 4.78 is 5.36. The first kappa shape index (κ1) is 24.2. The minimum absolute atomic E-state index is 0.0141. The summed E-state index contributed by atoms with van der Waals surface area (Å²) in [7, 11) is 1.75. The molecule has 9 heteroatoms. The SMILES string of the molecule is CC(=O)N(C)CCC#Cc1cccc(-c2ncc(NCCN3CCOCC3)c(C(N)=O)n2)c1. The van der Waals surface area contributed by atoms with Crippen LogP contribution in [0.2, 0.25) is 0 Å². The van der Waals surface area contributed by atoms with Gasteiger partial charge in [0.2, 0.25) is 5.91 Å². The van der Waals surface area contributed by atoms with E-state index in [1.807, 2.05) is 24.3 Å². The van der Waals surface area contributed by atoms with Gasteiger partial charge >= 0.3 is 0 Å². The number of hydrogen-bond donors (Lipinski definition) is 2. The van der Waals surface area contributed by atoms with E-state index < -0.39 is 5.91 Å². The zero-order valence-electron chi connectivity index (χ0n) is 19.1. The number of morpholine rings is 1. The number of hydrogen-bond acceptors (Lipinski definition) is 7. The zero-order chi connectivity index (χ0) is 23.6. The molecule has 33 heavy (non-hydrogen) atoms. The molecule has 0 unspecified atom stereocenters. The molecule has 1 aliphatic heterocycles. The molecular formula is C24H30N6O3. The summed E-state index contributed by atoms with van der Waals surface area (Å²) in [5, 5.41) is 3.22. The topological polar surface area (TPSA) is 114 Å². The van der Waals surface area contributed by atoms with E-state index in [9.17, 15) is 9.59 Å². The number of nitrogens with two attached hydrogens (primary N) is 1. The van der Waals surface area contributed by atoms with Gasteiger partial charge in [0.25, 0.3) is 5.91 Å². The van der Waals surface area contributed by atoms with Gasteiger partial charge in [-0.25, -0.2) is 9.97 Å². The van der Waals surface area contributed by atoms with E-state index in [0.29, 0.717) is 31.0 Å². The standard InChI is InChI=1S/C24H30N6O3/c1-18(31)29(2)10-4-3-6-19-7-5-8-20(16-19)24-27-17-21(22(28-24)23(25)32)26-9-11-30-12-14-33-15-13-30/h5,7-8,16-17,26H,4,9-15H2,1-2H3,(H2,25,32). The summed E-state index contributed by atoms with van der Waals surface area (Å²) in [4.78, 5) is 36.1. The summed E-state index contributed by atoms with van der Waals surface area (Å²) in [5.74, 6) is 5.98. The van der Waals surface area contributed by atoms with Gasteiger partial charge in [-0.2, -0.15) is 0 Å². The number of nitrogens with zero attached hydrogens (tertiary/aromatic N) is 4. The van der Waals surface area contributed by atoms with Crippen molar-refractivity contribution in [2.75, 3.05) is 58.3 Å². The Bertz CT molecular complexity index is 1040. The molecule has 174 valence electrons. The lowest BCUT2D eigenvalue weighted by atomic mass is 10.1. The van der Waals surface area contributed by atoms with Crippen molar-refractivity contribution in [1.29, 1.82) is 0 Å². The third-order valence-electron chi connectivity index (χ3n) is 5.33. The second-order valence-corrected chi connectivity index (χ2v) is 7.77. The molecule has 3 N–H and O–H groups in total. The van der Waals surface area contributed by atoms with Crippen molar-refractivity contribution in [3.05, 3.63) is 41.7 Å². The molecule has 1 aromatic heterocycles. The molecule has 2 amide bonds. The fourth-order valence-corrected chi connectivity index (χ4v) is 3.29. The molecule has 1 aliphatic rings. The number of anilines is 1. The third-order valence-corrected chi connectivity index (χ3v) is 5.33. The van der Waals surface area contributed by atoms with Crippen LogP contribution in [0.3, 0.4) is 0 Å². The first-order valence-corrected chi connectivity index (χ1v) is 11.0. The molecule has 0 radical (unpaired) electrons. The van der Waals surface area contributed by atoms with Crippen molar-refractivity contribution < 1.29 is 14.3 Å². The van der Waals surface area contributed by atoms with Crippen LogP contribution in [0.5, 0.6) is 0 Å². The molecule has 0 bridgehead atoms. The average Bonchev–Trinajstić information content (AvgIpc) is 2.82. The fourth-order valence-electron chi connectivity index (χ4n) is 3.29. The predicted octanol–water partition coefficient (Wildman–Crippen LogP) is 1.21. The van der Waals surface area contributed by atoms with Crippen LogP contribution in [0.4, 0.5) is 5.69 Å². The van der Waals surface area contributed by atoms with Gasteiger partial charge < -0.3 is 20.7 Å². The fraction of sp³-hybridized carbons (Fsp3) is 0.417. The summed E-state index contributed by atoms with van der Waals surface area (Å²) in [5.41, 5.74) is 7.80. The van der Waals surface area contributed by atoms with Gasteiger partial charge in [-0.1, -0.05) is 24.0 Å². The molecular weight excluding hydrogens is 420 g/mol. The first-order valence-electron chi connectivity index (χ1n) is 11.0. The number of ether oxygens (including phenoxy) is 1. The van der Waals surface area contributed by atoms with Crippen molar-refractivity contribution in [2.45, 2.75) is 13.3 Å². The van der Waals surface area contributed by atoms with Gasteiger partial charge in [0.05, 0.1) is 25.1 Å². The number of carbonyl (C=O) groups excluding carboxylic acids is 2. The molecule has 2 heterocycles. The number of aromatic nitrogens is 2. The highest BCUT2D eigenvalue weighted by Crippen LogP contribution is 2.20. The molecule has 3 rings (SSSR count). The maximum Gasteiger partial charge on any atom is 0.269 e. The minimum Gasteiger partial charge on any atom is -0.381 e. The van der Waals surface area contributed by atoms with E-state index in [2.05, 4.69) is 32.0 Å². The smallest absolute Gasteiger partial charge is 0.269 e. The Balaban J connectivity index is 1.67. The molecule has 0 atom stereocenters. The second kappa shape index (κ2) is 11.9. The lowest BCUT2D eigenvalue weighted by Crippen LogP contribution is -2.39. The van der Waals surface area contributed by atoms with Gasteiger partial charge in [0, 0.05) is 64.2 Å². The van der Waals surface area contributed by atoms with Crippen molar-refractivity contribution in [1.82, 2.24) is 19.8 Å². The van der Waals surface area contributed by atoms with Gasteiger partial charge in [-0.3, -0.25) is 14.5 Å². The Hall–Kier alpha value is -3.48. The molecule has 0 spiro atoms. The van der Waals surface area contributed by atoms with Gasteiger partial charge in [-0.05, 0) is 12.1 Å². The number of benzene rings is 1. The van der Waals surface area contributed by atoms with E-state index in [1.54, 1.807) is 18.1 Å². The highest BCUT2D eigenvalue weighted by atomic mass is 16.5. The van der Waals surface area contributed by atoms with Crippen LogP contribution in [-0.2, 0) is 9.53 Å². The van der Waals surface area contributed by atoms with Crippen molar-refractivity contribution in [2.24, 2.45) is 5.73 Å². The van der Waals surface area contributed by atoms with Crippen LogP contribution in [0, 0.1) is 11.8 Å². The molecule has 1 aromatic carbocycles. The van der Waals surface area contributed by atoms with Crippen LogP contribution in [0.1, 0.15) is 29.4 Å². The van der Waals surface area contributed by atoms with Crippen LogP contribution < -0.4 is 11.1 Å². The number of rotatable bonds is 8. The minimum atomic E-state index is -0.613. The Kier molecular flexibility index (Phi) is 8.75. The highest BCUT2D eigenvalue weighted by molar-refractivity contribution is 5.96. The summed E-state index contributed by atoms with van der Waals surface area (Å²) in [6.45, 7) is 6.85. The van der Waals surface area contributed by atoms with E-state index in [-0.39, 0.29) is 11.6 Å². The van der Waals surface area contributed by atoms with Crippen molar-refractivity contribution in [3.63, 3.8) is 0 Å². The molecule has 1 saturated heterocycles. The lowest BCUT2D eigenvalue weighted by Gasteiger charge is -2.26. The normalized spacial score (nSPS) is 13.6. The van der Waals surface area contributed by atoms with Crippen molar-refractivity contribution in [3.8, 4) is 23.2 Å². The Morgan fingerprint density at radius 3 is 2.82 bits per heavy atom. The largest absolute Gasteiger partial charge is 0.381 e. The maximum absolute atomic E-state index is 12.0. The summed E-state index contributed by atoms with van der Waals surface area (Å²) in [6, 6.07) is 7.48. The number of carbonyl (C=O) groups is 2. The summed E-state index contributed by atoms with van der Waals surface area (Å²) >= 11 is 0. The molecule has 0 saturated carbocycles. The first-order chi connectivity index (χ1) is 15.9. The molecule has 0 aliphatic carbocycles. The van der Waals surface area contributed by atoms with E-state index in [0.717, 1.165) is 44.0 Å². The van der Waals surface area contributed by atoms with Crippen LogP contribution in [0.15, 0.2) is 30.5 Å². The molecule has 2 aromatic rings. The molecule has 9 nitrogen and oxygen atoms in total. The van der Waals surface area contributed by atoms with E-state index >= 15 is 0 Å². The highest BCUT2D eigenvalue weighted by Gasteiger charge is 2.15. The molecule has 1 fully saturated rings. The number of amides is 2. The zero-order valence-corrected chi connectivity index (χ0v) is 19.1. The third kappa shape index (κ3) is 7.27. The summed E-state index contributed by atoms with van der Waals surface area (Å²) in [6.07, 6.45) is 2.17. The Morgan fingerprint density at radius 1 is 1.30 bits per heavy atom. The van der Waals surface area contributed by atoms with E-state index in [4.69, 9.17) is 10.5 Å². The average molecular weight is 451 g/mol. The number of primary amides is 1. The maximum atomic E-state index is 12.0. The van der Waals surface area contributed by atoms with E-state index in [1.165, 1.54) is 6.92 Å². The predicted molar refractivity (Wildman–Crippen MR) is 127 cm³/mol. The lowest BCUT2D eigenvalue weighted by molar-refractivity contribution is -0.127. The van der Waals surface area contributed by atoms with Gasteiger partial charge in [0.15, 0.2) is 11.5 Å². The quantitative estimate of drug-likeness (QED) is 0.581. The van der Waals surface area contributed by atoms with Crippen LogP contribution in [-0.4, -0.2) is 84.6 Å².